The predicted octanol–water partition coefficient (Wildman–Crippen LogP) is -0.0806. The Kier molecular flexibility index (Phi) is 4.49. The third kappa shape index (κ3) is 2.73. The van der Waals surface area contributed by atoms with E-state index in [1.807, 2.05) is 4.90 Å². The number of urea groups is 1. The van der Waals surface area contributed by atoms with E-state index in [0.717, 1.165) is 0 Å². The lowest BCUT2D eigenvalue weighted by atomic mass is 9.85. The lowest BCUT2D eigenvalue weighted by Gasteiger charge is -2.47. The zero-order valence-electron chi connectivity index (χ0n) is 12.2. The first-order valence-corrected chi connectivity index (χ1v) is 7.00. The summed E-state index contributed by atoms with van der Waals surface area (Å²) in [4.78, 5) is 29.0. The Labute approximate surface area is 119 Å². The van der Waals surface area contributed by atoms with Crippen LogP contribution >= 0.6 is 0 Å². The van der Waals surface area contributed by atoms with Crippen LogP contribution in [0.2, 0.25) is 0 Å². The number of hydrogen-bond donors (Lipinski definition) is 1. The van der Waals surface area contributed by atoms with Gasteiger partial charge in [0.05, 0.1) is 13.2 Å². The van der Waals surface area contributed by atoms with Crippen LogP contribution in [0, 0.1) is 0 Å². The number of carboxylic acids is 1. The van der Waals surface area contributed by atoms with Crippen molar-refractivity contribution in [2.45, 2.75) is 18.4 Å². The summed E-state index contributed by atoms with van der Waals surface area (Å²) in [6.07, 6.45) is 0.948. The van der Waals surface area contributed by atoms with Crippen LogP contribution in [-0.4, -0.2) is 90.8 Å². The minimum absolute atomic E-state index is 0.0500. The molecule has 0 radical (unpaired) electrons. The smallest absolute Gasteiger partial charge is 0.324 e. The number of hydrogen-bond acceptors (Lipinski definition) is 4. The molecular weight excluding hydrogens is 262 g/mol. The van der Waals surface area contributed by atoms with E-state index < -0.39 is 11.5 Å². The van der Waals surface area contributed by atoms with E-state index in [0.29, 0.717) is 52.2 Å². The molecule has 0 saturated carbocycles. The second-order valence-electron chi connectivity index (χ2n) is 5.60. The zero-order valence-corrected chi connectivity index (χ0v) is 12.2. The van der Waals surface area contributed by atoms with E-state index in [-0.39, 0.29) is 6.03 Å². The quantitative estimate of drug-likeness (QED) is 0.768. The molecule has 0 bridgehead atoms. The second-order valence-corrected chi connectivity index (χ2v) is 5.60. The van der Waals surface area contributed by atoms with Crippen molar-refractivity contribution in [2.24, 2.45) is 0 Å². The summed E-state index contributed by atoms with van der Waals surface area (Å²) in [5.74, 6) is -0.781. The Bertz CT molecular complexity index is 372. The minimum atomic E-state index is -0.840. The zero-order chi connectivity index (χ0) is 14.8. The molecular formula is C13H23N3O4. The van der Waals surface area contributed by atoms with E-state index in [2.05, 4.69) is 0 Å². The normalized spacial score (nSPS) is 23.4. The van der Waals surface area contributed by atoms with Gasteiger partial charge >= 0.3 is 12.0 Å². The number of amides is 2. The summed E-state index contributed by atoms with van der Waals surface area (Å²) in [5, 5.41) is 9.68. The van der Waals surface area contributed by atoms with Crippen LogP contribution < -0.4 is 0 Å². The first-order valence-electron chi connectivity index (χ1n) is 7.00. The molecule has 114 valence electrons. The van der Waals surface area contributed by atoms with Gasteiger partial charge in [0.15, 0.2) is 0 Å². The maximum Gasteiger partial charge on any atom is 0.324 e. The number of carbonyl (C=O) groups is 2. The summed E-state index contributed by atoms with van der Waals surface area (Å²) < 4.78 is 5.30. The fourth-order valence-corrected chi connectivity index (χ4v) is 3.01. The lowest BCUT2D eigenvalue weighted by Crippen LogP contribution is -2.63. The topological polar surface area (TPSA) is 73.3 Å². The molecule has 2 amide bonds. The van der Waals surface area contributed by atoms with Crippen LogP contribution in [0.5, 0.6) is 0 Å². The molecule has 2 rings (SSSR count). The van der Waals surface area contributed by atoms with Crippen molar-refractivity contribution >= 4 is 12.0 Å². The lowest BCUT2D eigenvalue weighted by molar-refractivity contribution is -0.158. The molecule has 2 saturated heterocycles. The molecule has 7 nitrogen and oxygen atoms in total. The number of piperidine rings is 1. The van der Waals surface area contributed by atoms with Crippen LogP contribution in [0.1, 0.15) is 12.8 Å². The summed E-state index contributed by atoms with van der Waals surface area (Å²) in [7, 11) is 3.42. The Hall–Kier alpha value is -1.34. The molecule has 2 fully saturated rings. The molecule has 0 aliphatic carbocycles. The summed E-state index contributed by atoms with van der Waals surface area (Å²) in [6.45, 7) is 3.42. The van der Waals surface area contributed by atoms with Crippen molar-refractivity contribution < 1.29 is 19.4 Å². The molecule has 7 heteroatoms. The minimum Gasteiger partial charge on any atom is -0.480 e. The number of morpholine rings is 1. The van der Waals surface area contributed by atoms with Crippen LogP contribution in [0.3, 0.4) is 0 Å². The molecule has 0 aromatic heterocycles. The molecule has 0 aromatic carbocycles. The molecule has 2 aliphatic heterocycles. The van der Waals surface area contributed by atoms with Gasteiger partial charge in [0.25, 0.3) is 0 Å². The molecule has 2 aliphatic rings. The summed E-state index contributed by atoms with van der Waals surface area (Å²) in [6, 6.07) is -0.0500. The molecule has 0 unspecified atom stereocenters. The van der Waals surface area contributed by atoms with Crippen LogP contribution in [0.4, 0.5) is 4.79 Å². The van der Waals surface area contributed by atoms with Gasteiger partial charge in [0, 0.05) is 40.3 Å². The van der Waals surface area contributed by atoms with Crippen molar-refractivity contribution in [3.63, 3.8) is 0 Å². The highest BCUT2D eigenvalue weighted by Gasteiger charge is 2.47. The molecule has 1 N–H and O–H groups in total. The van der Waals surface area contributed by atoms with Crippen molar-refractivity contribution in [2.75, 3.05) is 53.5 Å². The number of aliphatic carboxylic acids is 1. The highest BCUT2D eigenvalue weighted by Crippen LogP contribution is 2.30. The number of rotatable bonds is 2. The number of ether oxygens (including phenoxy) is 1. The Morgan fingerprint density at radius 1 is 1.10 bits per heavy atom. The van der Waals surface area contributed by atoms with Gasteiger partial charge in [-0.3, -0.25) is 9.69 Å². The van der Waals surface area contributed by atoms with Gasteiger partial charge in [-0.2, -0.15) is 0 Å². The van der Waals surface area contributed by atoms with E-state index >= 15 is 0 Å². The summed E-state index contributed by atoms with van der Waals surface area (Å²) >= 11 is 0. The SMILES string of the molecule is CN(C)C(=O)N1CCC(C(=O)O)(N2CCOCC2)CC1. The first kappa shape index (κ1) is 15.1. The number of carboxylic acid groups (broad SMARTS) is 1. The van der Waals surface area contributed by atoms with Gasteiger partial charge in [-0.15, -0.1) is 0 Å². The Morgan fingerprint density at radius 2 is 1.65 bits per heavy atom. The van der Waals surface area contributed by atoms with Gasteiger partial charge in [-0.25, -0.2) is 4.79 Å². The third-order valence-corrected chi connectivity index (χ3v) is 4.26. The molecule has 2 heterocycles. The van der Waals surface area contributed by atoms with Crippen molar-refractivity contribution in [3.05, 3.63) is 0 Å². The average Bonchev–Trinajstić information content (AvgIpc) is 2.47. The maximum absolute atomic E-state index is 11.9. The monoisotopic (exact) mass is 285 g/mol. The standard InChI is InChI=1S/C13H23N3O4/c1-14(2)12(19)15-5-3-13(4-6-15,11(17)18)16-7-9-20-10-8-16/h3-10H2,1-2H3,(H,17,18). The average molecular weight is 285 g/mol. The van der Waals surface area contributed by atoms with Crippen molar-refractivity contribution in [1.29, 1.82) is 0 Å². The third-order valence-electron chi connectivity index (χ3n) is 4.26. The Balaban J connectivity index is 2.06. The maximum atomic E-state index is 11.9. The summed E-state index contributed by atoms with van der Waals surface area (Å²) in [5.41, 5.74) is -0.840. The van der Waals surface area contributed by atoms with E-state index in [9.17, 15) is 14.7 Å². The molecule has 0 aromatic rings. The van der Waals surface area contributed by atoms with E-state index in [1.54, 1.807) is 19.0 Å². The van der Waals surface area contributed by atoms with Crippen LogP contribution in [-0.2, 0) is 9.53 Å². The Morgan fingerprint density at radius 3 is 2.10 bits per heavy atom. The number of carbonyl (C=O) groups excluding carboxylic acids is 1. The number of nitrogens with zero attached hydrogens (tertiary/aromatic N) is 3. The number of likely N-dealkylation sites (tertiary alicyclic amines) is 1. The van der Waals surface area contributed by atoms with Gasteiger partial charge in [0.2, 0.25) is 0 Å². The van der Waals surface area contributed by atoms with Crippen LogP contribution in [0.15, 0.2) is 0 Å². The fourth-order valence-electron chi connectivity index (χ4n) is 3.01. The highest BCUT2D eigenvalue weighted by atomic mass is 16.5. The molecule has 0 spiro atoms. The van der Waals surface area contributed by atoms with E-state index in [4.69, 9.17) is 4.74 Å². The fraction of sp³-hybridized carbons (Fsp3) is 0.846. The van der Waals surface area contributed by atoms with Gasteiger partial charge in [-0.1, -0.05) is 0 Å². The second kappa shape index (κ2) is 5.97. The first-order chi connectivity index (χ1) is 9.47. The van der Waals surface area contributed by atoms with Gasteiger partial charge < -0.3 is 19.6 Å². The van der Waals surface area contributed by atoms with Crippen molar-refractivity contribution in [1.82, 2.24) is 14.7 Å². The molecule has 0 atom stereocenters. The van der Waals surface area contributed by atoms with E-state index in [1.165, 1.54) is 4.90 Å². The molecule has 20 heavy (non-hydrogen) atoms. The highest BCUT2D eigenvalue weighted by molar-refractivity contribution is 5.80. The van der Waals surface area contributed by atoms with Crippen LogP contribution in [0.25, 0.3) is 0 Å². The van der Waals surface area contributed by atoms with Gasteiger partial charge in [0.1, 0.15) is 5.54 Å². The van der Waals surface area contributed by atoms with Crippen molar-refractivity contribution in [3.8, 4) is 0 Å². The largest absolute Gasteiger partial charge is 0.480 e. The predicted molar refractivity (Wildman–Crippen MR) is 72.6 cm³/mol. The van der Waals surface area contributed by atoms with Gasteiger partial charge in [-0.05, 0) is 12.8 Å².